The van der Waals surface area contributed by atoms with Gasteiger partial charge in [-0.2, -0.15) is 5.10 Å². The van der Waals surface area contributed by atoms with Crippen molar-refractivity contribution in [2.75, 3.05) is 13.2 Å². The molecule has 0 radical (unpaired) electrons. The third kappa shape index (κ3) is 3.32. The average Bonchev–Trinajstić information content (AvgIpc) is 3.18. The van der Waals surface area contributed by atoms with Gasteiger partial charge in [0.05, 0.1) is 31.3 Å². The maximum atomic E-state index is 13.0. The number of rotatable bonds is 4. The molecule has 1 aliphatic rings. The molecule has 1 aliphatic heterocycles. The lowest BCUT2D eigenvalue weighted by atomic mass is 10.1. The number of thiophene rings is 1. The Morgan fingerprint density at radius 3 is 3.08 bits per heavy atom. The number of fused-ring (bicyclic) bond motifs is 2. The molecule has 1 amide bonds. The van der Waals surface area contributed by atoms with Crippen LogP contribution in [0.25, 0.3) is 10.1 Å². The summed E-state index contributed by atoms with van der Waals surface area (Å²) >= 11 is 1.70. The summed E-state index contributed by atoms with van der Waals surface area (Å²) in [6.07, 6.45) is 2.20. The molecule has 1 atom stereocenters. The largest absolute Gasteiger partial charge is 0.375 e. The monoisotopic (exact) mass is 355 g/mol. The minimum Gasteiger partial charge on any atom is -0.375 e. The summed E-state index contributed by atoms with van der Waals surface area (Å²) in [5.41, 5.74) is 2.17. The highest BCUT2D eigenvalue weighted by Gasteiger charge is 2.26. The molecular weight excluding hydrogens is 334 g/mol. The fraction of sp³-hybridized carbons (Fsp3) is 0.368. The Labute approximate surface area is 150 Å². The number of nitrogens with zero attached hydrogens (tertiary/aromatic N) is 3. The Kier molecular flexibility index (Phi) is 4.55. The van der Waals surface area contributed by atoms with Crippen LogP contribution in [0.3, 0.4) is 0 Å². The molecule has 0 aliphatic carbocycles. The molecule has 1 aromatic carbocycles. The molecular formula is C19H21N3O2S. The van der Waals surface area contributed by atoms with Gasteiger partial charge in [-0.15, -0.1) is 11.3 Å². The van der Waals surface area contributed by atoms with Crippen molar-refractivity contribution in [2.45, 2.75) is 32.5 Å². The van der Waals surface area contributed by atoms with Gasteiger partial charge in [-0.05, 0) is 35.4 Å². The Bertz CT molecular complexity index is 886. The molecule has 2 aromatic heterocycles. The number of hydrogen-bond acceptors (Lipinski definition) is 4. The molecule has 0 saturated carbocycles. The normalized spacial score (nSPS) is 17.5. The van der Waals surface area contributed by atoms with E-state index in [1.54, 1.807) is 17.5 Å². The van der Waals surface area contributed by atoms with Gasteiger partial charge in [0.2, 0.25) is 5.91 Å². The van der Waals surface area contributed by atoms with Crippen LogP contribution in [0.5, 0.6) is 0 Å². The summed E-state index contributed by atoms with van der Waals surface area (Å²) < 4.78 is 9.00. The first-order valence-corrected chi connectivity index (χ1v) is 9.47. The van der Waals surface area contributed by atoms with Gasteiger partial charge in [0, 0.05) is 24.0 Å². The lowest BCUT2D eigenvalue weighted by Crippen LogP contribution is -2.38. The van der Waals surface area contributed by atoms with E-state index in [1.807, 2.05) is 34.7 Å². The lowest BCUT2D eigenvalue weighted by Gasteiger charge is -2.24. The number of aromatic nitrogens is 2. The summed E-state index contributed by atoms with van der Waals surface area (Å²) in [6, 6.07) is 10.2. The average molecular weight is 355 g/mol. The summed E-state index contributed by atoms with van der Waals surface area (Å²) in [5, 5.41) is 7.64. The van der Waals surface area contributed by atoms with Crippen molar-refractivity contribution in [3.63, 3.8) is 0 Å². The van der Waals surface area contributed by atoms with Crippen molar-refractivity contribution in [2.24, 2.45) is 0 Å². The first kappa shape index (κ1) is 16.3. The van der Waals surface area contributed by atoms with E-state index in [0.717, 1.165) is 11.3 Å². The van der Waals surface area contributed by atoms with Crippen LogP contribution in [-0.4, -0.2) is 39.8 Å². The number of hydrogen-bond donors (Lipinski definition) is 0. The van der Waals surface area contributed by atoms with Crippen molar-refractivity contribution in [1.29, 1.82) is 0 Å². The van der Waals surface area contributed by atoms with E-state index in [2.05, 4.69) is 22.6 Å². The van der Waals surface area contributed by atoms with E-state index in [9.17, 15) is 4.79 Å². The first-order valence-electron chi connectivity index (χ1n) is 8.59. The van der Waals surface area contributed by atoms with E-state index < -0.39 is 0 Å². The molecule has 25 heavy (non-hydrogen) atoms. The Balaban J connectivity index is 1.56. The van der Waals surface area contributed by atoms with Crippen LogP contribution in [-0.2, 0) is 29.0 Å². The maximum absolute atomic E-state index is 13.0. The summed E-state index contributed by atoms with van der Waals surface area (Å²) in [4.78, 5) is 14.9. The van der Waals surface area contributed by atoms with Gasteiger partial charge in [0.15, 0.2) is 0 Å². The summed E-state index contributed by atoms with van der Waals surface area (Å²) in [5.74, 6) is 0.142. The Hall–Kier alpha value is -2.18. The molecule has 0 spiro atoms. The van der Waals surface area contributed by atoms with Gasteiger partial charge in [0.25, 0.3) is 0 Å². The van der Waals surface area contributed by atoms with Gasteiger partial charge < -0.3 is 9.64 Å². The number of amides is 1. The van der Waals surface area contributed by atoms with E-state index in [-0.39, 0.29) is 12.0 Å². The van der Waals surface area contributed by atoms with E-state index in [4.69, 9.17) is 4.74 Å². The standard InChI is InChI=1S/C19H21N3O2S/c1-2-24-16-11-21(10-15-7-8-20-22(15)12-16)19(23)9-14-13-25-18-6-4-3-5-17(14)18/h3-8,13,16H,2,9-12H2,1H3/t16-/m0/s1. The second-order valence-corrected chi connectivity index (χ2v) is 7.20. The van der Waals surface area contributed by atoms with Crippen molar-refractivity contribution in [1.82, 2.24) is 14.7 Å². The molecule has 0 N–H and O–H groups in total. The fourth-order valence-electron chi connectivity index (χ4n) is 3.39. The summed E-state index contributed by atoms with van der Waals surface area (Å²) in [6.45, 7) is 4.51. The van der Waals surface area contributed by atoms with Crippen LogP contribution in [0.1, 0.15) is 18.2 Å². The number of benzene rings is 1. The molecule has 0 bridgehead atoms. The zero-order valence-corrected chi connectivity index (χ0v) is 15.0. The topological polar surface area (TPSA) is 47.4 Å². The first-order chi connectivity index (χ1) is 12.2. The molecule has 0 saturated heterocycles. The van der Waals surface area contributed by atoms with Crippen molar-refractivity contribution >= 4 is 27.3 Å². The molecule has 5 nitrogen and oxygen atoms in total. The Morgan fingerprint density at radius 2 is 2.20 bits per heavy atom. The number of ether oxygens (including phenoxy) is 1. The van der Waals surface area contributed by atoms with Gasteiger partial charge >= 0.3 is 0 Å². The zero-order chi connectivity index (χ0) is 17.2. The van der Waals surface area contributed by atoms with Gasteiger partial charge in [-0.25, -0.2) is 0 Å². The van der Waals surface area contributed by atoms with Crippen LogP contribution in [0, 0.1) is 0 Å². The quantitative estimate of drug-likeness (QED) is 0.722. The van der Waals surface area contributed by atoms with E-state index in [0.29, 0.717) is 32.7 Å². The van der Waals surface area contributed by atoms with Gasteiger partial charge in [-0.3, -0.25) is 9.48 Å². The van der Waals surface area contributed by atoms with Crippen molar-refractivity contribution < 1.29 is 9.53 Å². The zero-order valence-electron chi connectivity index (χ0n) is 14.2. The minimum absolute atomic E-state index is 0.0191. The fourth-order valence-corrected chi connectivity index (χ4v) is 4.35. The lowest BCUT2D eigenvalue weighted by molar-refractivity contribution is -0.132. The van der Waals surface area contributed by atoms with Crippen LogP contribution < -0.4 is 0 Å². The molecule has 3 aromatic rings. The number of carbonyl (C=O) groups excluding carboxylic acids is 1. The third-order valence-corrected chi connectivity index (χ3v) is 5.63. The Morgan fingerprint density at radius 1 is 1.32 bits per heavy atom. The van der Waals surface area contributed by atoms with Crippen molar-refractivity contribution in [3.05, 3.63) is 53.2 Å². The highest BCUT2D eigenvalue weighted by molar-refractivity contribution is 7.17. The molecule has 4 rings (SSSR count). The second kappa shape index (κ2) is 6.98. The second-order valence-electron chi connectivity index (χ2n) is 6.29. The third-order valence-electron chi connectivity index (χ3n) is 4.62. The molecule has 0 fully saturated rings. The van der Waals surface area contributed by atoms with Crippen LogP contribution >= 0.6 is 11.3 Å². The maximum Gasteiger partial charge on any atom is 0.227 e. The van der Waals surface area contributed by atoms with Gasteiger partial charge in [-0.1, -0.05) is 18.2 Å². The minimum atomic E-state index is -0.0191. The van der Waals surface area contributed by atoms with Crippen LogP contribution in [0.15, 0.2) is 41.9 Å². The number of carbonyl (C=O) groups is 1. The smallest absolute Gasteiger partial charge is 0.227 e. The van der Waals surface area contributed by atoms with E-state index >= 15 is 0 Å². The van der Waals surface area contributed by atoms with Gasteiger partial charge in [0.1, 0.15) is 0 Å². The molecule has 130 valence electrons. The van der Waals surface area contributed by atoms with Crippen molar-refractivity contribution in [3.8, 4) is 0 Å². The predicted molar refractivity (Wildman–Crippen MR) is 98.6 cm³/mol. The summed E-state index contributed by atoms with van der Waals surface area (Å²) in [7, 11) is 0. The highest BCUT2D eigenvalue weighted by Crippen LogP contribution is 2.26. The predicted octanol–water partition coefficient (Wildman–Crippen LogP) is 3.09. The highest BCUT2D eigenvalue weighted by atomic mass is 32.1. The van der Waals surface area contributed by atoms with Crippen LogP contribution in [0.4, 0.5) is 0 Å². The molecule has 0 unspecified atom stereocenters. The van der Waals surface area contributed by atoms with Crippen LogP contribution in [0.2, 0.25) is 0 Å². The SMILES string of the molecule is CCO[C@H]1CN(C(=O)Cc2csc3ccccc23)Cc2ccnn2C1. The molecule has 6 heteroatoms. The van der Waals surface area contributed by atoms with E-state index in [1.165, 1.54) is 10.1 Å². The molecule has 3 heterocycles.